The van der Waals surface area contributed by atoms with E-state index in [-0.39, 0.29) is 11.5 Å². The van der Waals surface area contributed by atoms with E-state index in [1.807, 2.05) is 0 Å². The highest BCUT2D eigenvalue weighted by molar-refractivity contribution is 4.82. The van der Waals surface area contributed by atoms with Crippen LogP contribution in [-0.4, -0.2) is 11.5 Å². The normalized spacial score (nSPS) is 7.88. The van der Waals surface area contributed by atoms with Crippen LogP contribution in [0.2, 0.25) is 0 Å². The fourth-order valence-electron chi connectivity index (χ4n) is 0.310. The molecule has 0 aliphatic rings. The van der Waals surface area contributed by atoms with E-state index in [1.54, 1.807) is 0 Å². The molecule has 0 radical (unpaired) electrons. The molecule has 0 unspecified atom stereocenters. The van der Waals surface area contributed by atoms with Gasteiger partial charge in [-0.3, -0.25) is 10.1 Å². The van der Waals surface area contributed by atoms with Crippen molar-refractivity contribution in [2.24, 2.45) is 0 Å². The maximum absolute atomic E-state index is 9.61. The number of hydrogen-bond acceptors (Lipinski definition) is 2. The van der Waals surface area contributed by atoms with Crippen molar-refractivity contribution >= 4 is 0 Å². The van der Waals surface area contributed by atoms with Crippen molar-refractivity contribution in [1.29, 1.82) is 0 Å². The zero-order valence-electron chi connectivity index (χ0n) is 4.46. The van der Waals surface area contributed by atoms with E-state index in [0.29, 0.717) is 12.8 Å². The van der Waals surface area contributed by atoms with Crippen molar-refractivity contribution in [3.63, 3.8) is 0 Å². The monoisotopic (exact) mass is 113 g/mol. The van der Waals surface area contributed by atoms with Gasteiger partial charge in [0.2, 0.25) is 6.54 Å². The lowest BCUT2D eigenvalue weighted by Crippen LogP contribution is -1.98. The zero-order chi connectivity index (χ0) is 6.41. The van der Waals surface area contributed by atoms with Gasteiger partial charge in [-0.15, -0.1) is 12.3 Å². The van der Waals surface area contributed by atoms with E-state index in [2.05, 4.69) is 5.92 Å². The van der Waals surface area contributed by atoms with Gasteiger partial charge in [-0.2, -0.15) is 0 Å². The Kier molecular flexibility index (Phi) is 3.59. The molecule has 0 fully saturated rings. The zero-order valence-corrected chi connectivity index (χ0v) is 4.46. The SMILES string of the molecule is C#CCCC[N+](=O)[O-]. The molecule has 0 heterocycles. The Morgan fingerprint density at radius 3 is 2.75 bits per heavy atom. The second kappa shape index (κ2) is 4.13. The van der Waals surface area contributed by atoms with E-state index < -0.39 is 0 Å². The molecule has 0 spiro atoms. The van der Waals surface area contributed by atoms with Crippen molar-refractivity contribution in [2.75, 3.05) is 6.54 Å². The van der Waals surface area contributed by atoms with Gasteiger partial charge in [0.25, 0.3) is 0 Å². The number of nitro groups is 1. The van der Waals surface area contributed by atoms with Crippen LogP contribution in [0.4, 0.5) is 0 Å². The Bertz CT molecular complexity index is 114. The molecule has 0 rings (SSSR count). The van der Waals surface area contributed by atoms with Gasteiger partial charge in [-0.05, 0) is 0 Å². The molecule has 0 aromatic carbocycles. The number of rotatable bonds is 3. The summed E-state index contributed by atoms with van der Waals surface area (Å²) in [5.74, 6) is 2.32. The van der Waals surface area contributed by atoms with Crippen LogP contribution < -0.4 is 0 Å². The van der Waals surface area contributed by atoms with Crippen LogP contribution in [0.25, 0.3) is 0 Å². The number of terminal acetylenes is 1. The molecular weight excluding hydrogens is 106 g/mol. The molecule has 0 aromatic heterocycles. The quantitative estimate of drug-likeness (QED) is 0.234. The van der Waals surface area contributed by atoms with E-state index in [4.69, 9.17) is 6.42 Å². The lowest BCUT2D eigenvalue weighted by atomic mass is 10.3. The van der Waals surface area contributed by atoms with E-state index in [1.165, 1.54) is 0 Å². The number of unbranched alkanes of at least 4 members (excludes halogenated alkanes) is 1. The molecule has 3 heteroatoms. The van der Waals surface area contributed by atoms with Gasteiger partial charge in [0, 0.05) is 17.8 Å². The van der Waals surface area contributed by atoms with Gasteiger partial charge in [-0.25, -0.2) is 0 Å². The summed E-state index contributed by atoms with van der Waals surface area (Å²) in [6.45, 7) is -0.00972. The van der Waals surface area contributed by atoms with Gasteiger partial charge in [0.15, 0.2) is 0 Å². The van der Waals surface area contributed by atoms with Gasteiger partial charge in [0.1, 0.15) is 0 Å². The van der Waals surface area contributed by atoms with Crippen molar-refractivity contribution < 1.29 is 4.92 Å². The van der Waals surface area contributed by atoms with Gasteiger partial charge >= 0.3 is 0 Å². The topological polar surface area (TPSA) is 43.1 Å². The summed E-state index contributed by atoms with van der Waals surface area (Å²) in [6, 6.07) is 0. The average molecular weight is 113 g/mol. The molecule has 3 nitrogen and oxygen atoms in total. The Labute approximate surface area is 47.9 Å². The maximum Gasteiger partial charge on any atom is 0.204 e. The maximum atomic E-state index is 9.61. The largest absolute Gasteiger partial charge is 0.265 e. The molecular formula is C5H7NO2. The summed E-state index contributed by atoms with van der Waals surface area (Å²) in [6.07, 6.45) is 5.83. The molecule has 0 saturated carbocycles. The number of nitrogens with zero attached hydrogens (tertiary/aromatic N) is 1. The highest BCUT2D eigenvalue weighted by Crippen LogP contribution is 1.84. The third-order valence-corrected chi connectivity index (χ3v) is 0.662. The predicted molar refractivity (Wildman–Crippen MR) is 29.9 cm³/mol. The Morgan fingerprint density at radius 1 is 1.75 bits per heavy atom. The van der Waals surface area contributed by atoms with Crippen LogP contribution in [0, 0.1) is 22.5 Å². The van der Waals surface area contributed by atoms with Crippen LogP contribution in [0.1, 0.15) is 12.8 Å². The first-order chi connectivity index (χ1) is 3.77. The minimum absolute atomic E-state index is 0.00972. The fraction of sp³-hybridized carbons (Fsp3) is 0.600. The third kappa shape index (κ3) is 4.96. The summed E-state index contributed by atoms with van der Waals surface area (Å²) < 4.78 is 0. The molecule has 0 aliphatic heterocycles. The molecule has 0 atom stereocenters. The van der Waals surface area contributed by atoms with Crippen LogP contribution in [0.3, 0.4) is 0 Å². The van der Waals surface area contributed by atoms with Crippen LogP contribution in [0.5, 0.6) is 0 Å². The van der Waals surface area contributed by atoms with E-state index in [9.17, 15) is 10.1 Å². The minimum atomic E-state index is -0.364. The summed E-state index contributed by atoms with van der Waals surface area (Å²) in [7, 11) is 0. The highest BCUT2D eigenvalue weighted by atomic mass is 16.6. The lowest BCUT2D eigenvalue weighted by molar-refractivity contribution is -0.480. The second-order valence-corrected chi connectivity index (χ2v) is 1.36. The van der Waals surface area contributed by atoms with Gasteiger partial charge < -0.3 is 0 Å². The standard InChI is InChI=1S/C5H7NO2/c1-2-3-4-5-6(7)8/h1H,3-5H2. The van der Waals surface area contributed by atoms with Crippen molar-refractivity contribution in [2.45, 2.75) is 12.8 Å². The smallest absolute Gasteiger partial charge is 0.204 e. The van der Waals surface area contributed by atoms with Gasteiger partial charge in [0.05, 0.1) is 0 Å². The van der Waals surface area contributed by atoms with Crippen LogP contribution in [0.15, 0.2) is 0 Å². The molecule has 0 N–H and O–H groups in total. The van der Waals surface area contributed by atoms with E-state index >= 15 is 0 Å². The first-order valence-electron chi connectivity index (χ1n) is 2.32. The molecule has 44 valence electrons. The fourth-order valence-corrected chi connectivity index (χ4v) is 0.310. The lowest BCUT2D eigenvalue weighted by Gasteiger charge is -1.84. The highest BCUT2D eigenvalue weighted by Gasteiger charge is 1.91. The summed E-state index contributed by atoms with van der Waals surface area (Å²) in [4.78, 5) is 9.25. The molecule has 0 aliphatic carbocycles. The van der Waals surface area contributed by atoms with Crippen LogP contribution >= 0.6 is 0 Å². The summed E-state index contributed by atoms with van der Waals surface area (Å²) in [5, 5.41) is 9.61. The molecule has 0 bridgehead atoms. The summed E-state index contributed by atoms with van der Waals surface area (Å²) in [5.41, 5.74) is 0. The Hall–Kier alpha value is -1.04. The van der Waals surface area contributed by atoms with Gasteiger partial charge in [-0.1, -0.05) is 0 Å². The molecule has 8 heavy (non-hydrogen) atoms. The number of hydrogen-bond donors (Lipinski definition) is 0. The van der Waals surface area contributed by atoms with Crippen molar-refractivity contribution in [3.8, 4) is 12.3 Å². The average Bonchev–Trinajstić information content (AvgIpc) is 1.66. The van der Waals surface area contributed by atoms with Crippen molar-refractivity contribution in [3.05, 3.63) is 10.1 Å². The Balaban J connectivity index is 2.97. The molecule has 0 saturated heterocycles. The first kappa shape index (κ1) is 6.96. The molecule has 0 amide bonds. The first-order valence-corrected chi connectivity index (χ1v) is 2.32. The van der Waals surface area contributed by atoms with Crippen LogP contribution in [-0.2, 0) is 0 Å². The molecule has 0 aromatic rings. The second-order valence-electron chi connectivity index (χ2n) is 1.36. The van der Waals surface area contributed by atoms with Crippen molar-refractivity contribution in [1.82, 2.24) is 0 Å². The Morgan fingerprint density at radius 2 is 2.38 bits per heavy atom. The minimum Gasteiger partial charge on any atom is -0.265 e. The third-order valence-electron chi connectivity index (χ3n) is 0.662. The van der Waals surface area contributed by atoms with E-state index in [0.717, 1.165) is 0 Å². The predicted octanol–water partition coefficient (Wildman–Crippen LogP) is 0.676. The summed E-state index contributed by atoms with van der Waals surface area (Å²) >= 11 is 0.